The van der Waals surface area contributed by atoms with Crippen LogP contribution in [0, 0.1) is 5.92 Å². The SMILES string of the molecule is CCN1CCC[C@H]1CNC(=O)[C@H](CC(C)C)n1cccc1. The van der Waals surface area contributed by atoms with E-state index in [-0.39, 0.29) is 11.9 Å². The van der Waals surface area contributed by atoms with Gasteiger partial charge in [0.2, 0.25) is 5.91 Å². The number of carbonyl (C=O) groups excluding carboxylic acids is 1. The van der Waals surface area contributed by atoms with Gasteiger partial charge in [-0.1, -0.05) is 20.8 Å². The summed E-state index contributed by atoms with van der Waals surface area (Å²) in [6.45, 7) is 9.56. The fourth-order valence-corrected chi connectivity index (χ4v) is 3.25. The zero-order valence-electron chi connectivity index (χ0n) is 13.6. The minimum Gasteiger partial charge on any atom is -0.353 e. The molecular formula is C17H29N3O. The summed E-state index contributed by atoms with van der Waals surface area (Å²) in [5.74, 6) is 0.657. The third-order valence-corrected chi connectivity index (χ3v) is 4.40. The van der Waals surface area contributed by atoms with Gasteiger partial charge < -0.3 is 9.88 Å². The van der Waals surface area contributed by atoms with Crippen molar-refractivity contribution < 1.29 is 4.79 Å². The summed E-state index contributed by atoms with van der Waals surface area (Å²) >= 11 is 0. The van der Waals surface area contributed by atoms with Crippen LogP contribution in [0.2, 0.25) is 0 Å². The lowest BCUT2D eigenvalue weighted by molar-refractivity contribution is -0.125. The summed E-state index contributed by atoms with van der Waals surface area (Å²) in [6, 6.07) is 4.40. The number of hydrogen-bond acceptors (Lipinski definition) is 2. The Labute approximate surface area is 128 Å². The van der Waals surface area contributed by atoms with Crippen LogP contribution >= 0.6 is 0 Å². The second-order valence-electron chi connectivity index (χ2n) is 6.45. The van der Waals surface area contributed by atoms with E-state index in [1.165, 1.54) is 19.4 Å². The van der Waals surface area contributed by atoms with Crippen molar-refractivity contribution in [3.8, 4) is 0 Å². The molecule has 1 aromatic rings. The van der Waals surface area contributed by atoms with Gasteiger partial charge in [0, 0.05) is 25.0 Å². The Balaban J connectivity index is 1.92. The summed E-state index contributed by atoms with van der Waals surface area (Å²) in [5.41, 5.74) is 0. The first-order valence-corrected chi connectivity index (χ1v) is 8.26. The molecule has 1 N–H and O–H groups in total. The highest BCUT2D eigenvalue weighted by Gasteiger charge is 2.25. The fourth-order valence-electron chi connectivity index (χ4n) is 3.25. The van der Waals surface area contributed by atoms with Crippen LogP contribution < -0.4 is 5.32 Å². The van der Waals surface area contributed by atoms with Crippen molar-refractivity contribution >= 4 is 5.91 Å². The van der Waals surface area contributed by atoms with E-state index in [0.717, 1.165) is 19.5 Å². The van der Waals surface area contributed by atoms with Crippen molar-refractivity contribution in [2.75, 3.05) is 19.6 Å². The second-order valence-corrected chi connectivity index (χ2v) is 6.45. The zero-order valence-corrected chi connectivity index (χ0v) is 13.6. The molecule has 0 unspecified atom stereocenters. The van der Waals surface area contributed by atoms with Crippen LogP contribution in [-0.2, 0) is 4.79 Å². The smallest absolute Gasteiger partial charge is 0.243 e. The lowest BCUT2D eigenvalue weighted by atomic mass is 10.0. The van der Waals surface area contributed by atoms with E-state index in [4.69, 9.17) is 0 Å². The molecule has 1 amide bonds. The Kier molecular flexibility index (Phi) is 5.85. The van der Waals surface area contributed by atoms with Crippen LogP contribution in [0.25, 0.3) is 0 Å². The average Bonchev–Trinajstić information content (AvgIpc) is 3.12. The number of aromatic nitrogens is 1. The first-order valence-electron chi connectivity index (χ1n) is 8.26. The number of hydrogen-bond donors (Lipinski definition) is 1. The number of rotatable bonds is 7. The normalized spacial score (nSPS) is 20.9. The molecule has 1 aliphatic rings. The molecule has 21 heavy (non-hydrogen) atoms. The minimum atomic E-state index is -0.0866. The third-order valence-electron chi connectivity index (χ3n) is 4.40. The van der Waals surface area contributed by atoms with Crippen molar-refractivity contribution in [3.05, 3.63) is 24.5 Å². The standard InChI is InChI=1S/C17H29N3O/c1-4-19-11-7-8-15(19)13-18-17(21)16(12-14(2)3)20-9-5-6-10-20/h5-6,9-10,14-16H,4,7-8,11-13H2,1-3H3,(H,18,21)/t15-,16-/m0/s1. The molecule has 0 saturated carbocycles. The molecule has 2 atom stereocenters. The highest BCUT2D eigenvalue weighted by atomic mass is 16.2. The van der Waals surface area contributed by atoms with E-state index in [1.54, 1.807) is 0 Å². The van der Waals surface area contributed by atoms with Gasteiger partial charge in [-0.2, -0.15) is 0 Å². The molecule has 0 aliphatic carbocycles. The van der Waals surface area contributed by atoms with Gasteiger partial charge in [-0.05, 0) is 50.4 Å². The zero-order chi connectivity index (χ0) is 15.2. The lowest BCUT2D eigenvalue weighted by Crippen LogP contribution is -2.42. The number of nitrogens with one attached hydrogen (secondary N) is 1. The van der Waals surface area contributed by atoms with Gasteiger partial charge in [0.25, 0.3) is 0 Å². The van der Waals surface area contributed by atoms with Gasteiger partial charge in [-0.15, -0.1) is 0 Å². The molecule has 1 aliphatic heterocycles. The number of likely N-dealkylation sites (N-methyl/N-ethyl adjacent to an activating group) is 1. The van der Waals surface area contributed by atoms with Gasteiger partial charge >= 0.3 is 0 Å². The number of likely N-dealkylation sites (tertiary alicyclic amines) is 1. The van der Waals surface area contributed by atoms with Crippen LogP contribution in [0.3, 0.4) is 0 Å². The van der Waals surface area contributed by atoms with Gasteiger partial charge in [0.1, 0.15) is 6.04 Å². The van der Waals surface area contributed by atoms with E-state index in [2.05, 4.69) is 31.0 Å². The first kappa shape index (κ1) is 16.1. The van der Waals surface area contributed by atoms with E-state index < -0.39 is 0 Å². The summed E-state index contributed by atoms with van der Waals surface area (Å²) in [7, 11) is 0. The molecule has 0 spiro atoms. The van der Waals surface area contributed by atoms with Gasteiger partial charge in [-0.3, -0.25) is 9.69 Å². The Morgan fingerprint density at radius 3 is 2.67 bits per heavy atom. The Morgan fingerprint density at radius 1 is 1.33 bits per heavy atom. The Bertz CT molecular complexity index is 427. The molecule has 4 nitrogen and oxygen atoms in total. The van der Waals surface area contributed by atoms with E-state index >= 15 is 0 Å². The maximum absolute atomic E-state index is 12.6. The van der Waals surface area contributed by atoms with Crippen LogP contribution in [-0.4, -0.2) is 41.1 Å². The highest BCUT2D eigenvalue weighted by molar-refractivity contribution is 5.80. The molecule has 118 valence electrons. The van der Waals surface area contributed by atoms with E-state index in [1.807, 2.05) is 29.1 Å². The topological polar surface area (TPSA) is 37.3 Å². The largest absolute Gasteiger partial charge is 0.353 e. The van der Waals surface area contributed by atoms with Gasteiger partial charge in [-0.25, -0.2) is 0 Å². The van der Waals surface area contributed by atoms with Crippen LogP contribution in [0.15, 0.2) is 24.5 Å². The molecule has 1 aromatic heterocycles. The van der Waals surface area contributed by atoms with Crippen molar-refractivity contribution in [3.63, 3.8) is 0 Å². The number of carbonyl (C=O) groups is 1. The predicted molar refractivity (Wildman–Crippen MR) is 86.2 cm³/mol. The fraction of sp³-hybridized carbons (Fsp3) is 0.706. The molecule has 2 heterocycles. The first-order chi connectivity index (χ1) is 10.1. The van der Waals surface area contributed by atoms with Gasteiger partial charge in [0.05, 0.1) is 0 Å². The predicted octanol–water partition coefficient (Wildman–Crippen LogP) is 2.68. The average molecular weight is 291 g/mol. The van der Waals surface area contributed by atoms with Crippen LogP contribution in [0.1, 0.15) is 46.1 Å². The van der Waals surface area contributed by atoms with Crippen molar-refractivity contribution in [1.29, 1.82) is 0 Å². The van der Waals surface area contributed by atoms with Crippen molar-refractivity contribution in [1.82, 2.24) is 14.8 Å². The number of amides is 1. The minimum absolute atomic E-state index is 0.0866. The van der Waals surface area contributed by atoms with Crippen molar-refractivity contribution in [2.45, 2.75) is 52.1 Å². The van der Waals surface area contributed by atoms with E-state index in [9.17, 15) is 4.79 Å². The Morgan fingerprint density at radius 2 is 2.05 bits per heavy atom. The molecule has 1 saturated heterocycles. The summed E-state index contributed by atoms with van der Waals surface area (Å²) in [6.07, 6.45) is 7.30. The summed E-state index contributed by atoms with van der Waals surface area (Å²) in [5, 5.41) is 3.18. The van der Waals surface area contributed by atoms with Crippen molar-refractivity contribution in [2.24, 2.45) is 5.92 Å². The molecule has 4 heteroatoms. The molecule has 0 bridgehead atoms. The molecule has 0 aromatic carbocycles. The highest BCUT2D eigenvalue weighted by Crippen LogP contribution is 2.19. The molecule has 2 rings (SSSR count). The maximum atomic E-state index is 12.6. The van der Waals surface area contributed by atoms with Crippen LogP contribution in [0.5, 0.6) is 0 Å². The molecule has 1 fully saturated rings. The molecular weight excluding hydrogens is 262 g/mol. The number of nitrogens with zero attached hydrogens (tertiary/aromatic N) is 2. The lowest BCUT2D eigenvalue weighted by Gasteiger charge is -2.25. The Hall–Kier alpha value is -1.29. The second kappa shape index (κ2) is 7.64. The summed E-state index contributed by atoms with van der Waals surface area (Å²) < 4.78 is 2.03. The van der Waals surface area contributed by atoms with Crippen LogP contribution in [0.4, 0.5) is 0 Å². The molecule has 0 radical (unpaired) electrons. The summed E-state index contributed by atoms with van der Waals surface area (Å²) in [4.78, 5) is 15.0. The maximum Gasteiger partial charge on any atom is 0.243 e. The third kappa shape index (κ3) is 4.34. The monoisotopic (exact) mass is 291 g/mol. The van der Waals surface area contributed by atoms with Gasteiger partial charge in [0.15, 0.2) is 0 Å². The quantitative estimate of drug-likeness (QED) is 0.838. The van der Waals surface area contributed by atoms with E-state index in [0.29, 0.717) is 12.0 Å².